The molecule has 0 saturated carbocycles. The van der Waals surface area contributed by atoms with Crippen molar-refractivity contribution >= 4 is 23.2 Å². The van der Waals surface area contributed by atoms with Gasteiger partial charge in [0.15, 0.2) is 0 Å². The van der Waals surface area contributed by atoms with Crippen LogP contribution in [0, 0.1) is 0 Å². The molecule has 0 bridgehead atoms. The zero-order chi connectivity index (χ0) is 14.5. The molecule has 1 aromatic heterocycles. The molecule has 0 aliphatic heterocycles. The Balaban J connectivity index is 2.17. The Morgan fingerprint density at radius 1 is 1.25 bits per heavy atom. The fraction of sp³-hybridized carbons (Fsp3) is 0.267. The molecule has 20 heavy (non-hydrogen) atoms. The standard InChI is InChI=1S/C15H16Cl2N2O/c1-10(18)7-12-13(16)3-2-4-15(12)20-9-11-5-6-19-8-14(11)17/h2-6,8,10H,7,9,18H2,1H3. The number of hydrogen-bond acceptors (Lipinski definition) is 3. The fourth-order valence-corrected chi connectivity index (χ4v) is 2.29. The van der Waals surface area contributed by atoms with E-state index in [9.17, 15) is 0 Å². The highest BCUT2D eigenvalue weighted by molar-refractivity contribution is 6.31. The van der Waals surface area contributed by atoms with Crippen LogP contribution in [-0.4, -0.2) is 11.0 Å². The SMILES string of the molecule is CC(N)Cc1c(Cl)cccc1OCc1ccncc1Cl. The van der Waals surface area contributed by atoms with E-state index >= 15 is 0 Å². The van der Waals surface area contributed by atoms with Gasteiger partial charge in [0.2, 0.25) is 0 Å². The molecule has 0 aliphatic carbocycles. The molecule has 1 heterocycles. The van der Waals surface area contributed by atoms with Crippen LogP contribution in [0.15, 0.2) is 36.7 Å². The summed E-state index contributed by atoms with van der Waals surface area (Å²) in [5.41, 5.74) is 7.66. The van der Waals surface area contributed by atoms with E-state index in [-0.39, 0.29) is 6.04 Å². The minimum atomic E-state index is 0.0155. The van der Waals surface area contributed by atoms with Crippen LogP contribution >= 0.6 is 23.2 Å². The Kier molecular flexibility index (Phi) is 5.24. The Morgan fingerprint density at radius 3 is 2.75 bits per heavy atom. The van der Waals surface area contributed by atoms with Crippen molar-refractivity contribution in [1.29, 1.82) is 0 Å². The van der Waals surface area contributed by atoms with Crippen molar-refractivity contribution in [3.63, 3.8) is 0 Å². The lowest BCUT2D eigenvalue weighted by Crippen LogP contribution is -2.18. The predicted molar refractivity (Wildman–Crippen MR) is 82.4 cm³/mol. The maximum absolute atomic E-state index is 6.21. The Bertz CT molecular complexity index is 588. The van der Waals surface area contributed by atoms with E-state index in [1.807, 2.05) is 31.2 Å². The molecule has 0 spiro atoms. The molecule has 2 N–H and O–H groups in total. The number of aromatic nitrogens is 1. The molecular weight excluding hydrogens is 295 g/mol. The van der Waals surface area contributed by atoms with Crippen LogP contribution in [0.1, 0.15) is 18.1 Å². The number of benzene rings is 1. The average molecular weight is 311 g/mol. The fourth-order valence-electron chi connectivity index (χ4n) is 1.87. The molecule has 0 radical (unpaired) electrons. The van der Waals surface area contributed by atoms with Crippen molar-refractivity contribution in [3.8, 4) is 5.75 Å². The summed E-state index contributed by atoms with van der Waals surface area (Å²) >= 11 is 12.3. The number of hydrogen-bond donors (Lipinski definition) is 1. The summed E-state index contributed by atoms with van der Waals surface area (Å²) in [5.74, 6) is 0.739. The van der Waals surface area contributed by atoms with Gasteiger partial charge >= 0.3 is 0 Å². The van der Waals surface area contributed by atoms with E-state index in [2.05, 4.69) is 4.98 Å². The summed E-state index contributed by atoms with van der Waals surface area (Å²) in [6, 6.07) is 7.43. The predicted octanol–water partition coefficient (Wildman–Crippen LogP) is 3.86. The lowest BCUT2D eigenvalue weighted by molar-refractivity contribution is 0.302. The number of pyridine rings is 1. The first-order valence-corrected chi connectivity index (χ1v) is 7.07. The third kappa shape index (κ3) is 3.85. The van der Waals surface area contributed by atoms with E-state index in [4.69, 9.17) is 33.7 Å². The van der Waals surface area contributed by atoms with Gasteiger partial charge in [0.25, 0.3) is 0 Å². The van der Waals surface area contributed by atoms with Gasteiger partial charge in [0.05, 0.1) is 5.02 Å². The number of ether oxygens (including phenoxy) is 1. The quantitative estimate of drug-likeness (QED) is 0.912. The topological polar surface area (TPSA) is 48.1 Å². The number of halogens is 2. The molecule has 2 aromatic rings. The average Bonchev–Trinajstić information content (AvgIpc) is 2.41. The molecule has 2 rings (SSSR count). The monoisotopic (exact) mass is 310 g/mol. The zero-order valence-corrected chi connectivity index (χ0v) is 12.7. The van der Waals surface area contributed by atoms with Gasteiger partial charge in [0.1, 0.15) is 12.4 Å². The molecule has 0 fully saturated rings. The molecule has 5 heteroatoms. The van der Waals surface area contributed by atoms with Gasteiger partial charge < -0.3 is 10.5 Å². The normalized spacial score (nSPS) is 12.2. The highest BCUT2D eigenvalue weighted by Crippen LogP contribution is 2.28. The van der Waals surface area contributed by atoms with Crippen molar-refractivity contribution in [2.24, 2.45) is 5.73 Å². The van der Waals surface area contributed by atoms with Crippen molar-refractivity contribution < 1.29 is 4.74 Å². The van der Waals surface area contributed by atoms with Gasteiger partial charge in [-0.1, -0.05) is 29.3 Å². The maximum atomic E-state index is 6.21. The van der Waals surface area contributed by atoms with Gasteiger partial charge in [-0.15, -0.1) is 0 Å². The molecule has 1 aromatic carbocycles. The van der Waals surface area contributed by atoms with Crippen molar-refractivity contribution in [2.75, 3.05) is 0 Å². The molecule has 0 saturated heterocycles. The first-order valence-electron chi connectivity index (χ1n) is 6.32. The van der Waals surface area contributed by atoms with Crippen LogP contribution < -0.4 is 10.5 Å². The smallest absolute Gasteiger partial charge is 0.124 e. The lowest BCUT2D eigenvalue weighted by Gasteiger charge is -2.15. The van der Waals surface area contributed by atoms with E-state index in [0.717, 1.165) is 16.9 Å². The van der Waals surface area contributed by atoms with Gasteiger partial charge in [-0.05, 0) is 31.5 Å². The zero-order valence-electron chi connectivity index (χ0n) is 11.1. The van der Waals surface area contributed by atoms with Crippen LogP contribution in [0.4, 0.5) is 0 Å². The van der Waals surface area contributed by atoms with Gasteiger partial charge in [-0.25, -0.2) is 0 Å². The Hall–Kier alpha value is -1.29. The van der Waals surface area contributed by atoms with Crippen LogP contribution in [-0.2, 0) is 13.0 Å². The third-order valence-corrected chi connectivity index (χ3v) is 3.54. The second-order valence-corrected chi connectivity index (χ2v) is 5.47. The molecule has 106 valence electrons. The van der Waals surface area contributed by atoms with Crippen molar-refractivity contribution in [2.45, 2.75) is 26.0 Å². The Labute approximate surface area is 128 Å². The first-order chi connectivity index (χ1) is 9.58. The number of nitrogens with zero attached hydrogens (tertiary/aromatic N) is 1. The highest BCUT2D eigenvalue weighted by Gasteiger charge is 2.11. The molecule has 3 nitrogen and oxygen atoms in total. The van der Waals surface area contributed by atoms with Crippen molar-refractivity contribution in [1.82, 2.24) is 4.98 Å². The first kappa shape index (κ1) is 15.1. The number of rotatable bonds is 5. The number of nitrogens with two attached hydrogens (primary N) is 1. The van der Waals surface area contributed by atoms with Crippen LogP contribution in [0.2, 0.25) is 10.0 Å². The molecule has 1 unspecified atom stereocenters. The minimum absolute atomic E-state index is 0.0155. The second-order valence-electron chi connectivity index (χ2n) is 4.65. The van der Waals surface area contributed by atoms with Crippen LogP contribution in [0.25, 0.3) is 0 Å². The molecular formula is C15H16Cl2N2O. The van der Waals surface area contributed by atoms with Gasteiger partial charge in [-0.2, -0.15) is 0 Å². The summed E-state index contributed by atoms with van der Waals surface area (Å²) in [4.78, 5) is 3.95. The molecule has 1 atom stereocenters. The minimum Gasteiger partial charge on any atom is -0.489 e. The summed E-state index contributed by atoms with van der Waals surface area (Å²) in [7, 11) is 0. The van der Waals surface area contributed by atoms with E-state index in [0.29, 0.717) is 23.1 Å². The van der Waals surface area contributed by atoms with E-state index in [1.165, 1.54) is 0 Å². The van der Waals surface area contributed by atoms with Crippen LogP contribution in [0.3, 0.4) is 0 Å². The summed E-state index contributed by atoms with van der Waals surface area (Å²) in [5, 5.41) is 1.25. The van der Waals surface area contributed by atoms with Crippen LogP contribution in [0.5, 0.6) is 5.75 Å². The summed E-state index contributed by atoms with van der Waals surface area (Å²) in [6.07, 6.45) is 3.95. The van der Waals surface area contributed by atoms with E-state index < -0.39 is 0 Å². The Morgan fingerprint density at radius 2 is 2.05 bits per heavy atom. The summed E-state index contributed by atoms with van der Waals surface area (Å²) < 4.78 is 5.83. The largest absolute Gasteiger partial charge is 0.489 e. The molecule has 0 amide bonds. The summed E-state index contributed by atoms with van der Waals surface area (Å²) in [6.45, 7) is 2.31. The highest BCUT2D eigenvalue weighted by atomic mass is 35.5. The van der Waals surface area contributed by atoms with E-state index in [1.54, 1.807) is 12.4 Å². The maximum Gasteiger partial charge on any atom is 0.124 e. The van der Waals surface area contributed by atoms with Gasteiger partial charge in [-0.3, -0.25) is 4.98 Å². The lowest BCUT2D eigenvalue weighted by atomic mass is 10.1. The second kappa shape index (κ2) is 6.93. The van der Waals surface area contributed by atoms with Crippen molar-refractivity contribution in [3.05, 3.63) is 57.8 Å². The van der Waals surface area contributed by atoms with Gasteiger partial charge in [0, 0.05) is 34.6 Å². The third-order valence-electron chi connectivity index (χ3n) is 2.84. The molecule has 0 aliphatic rings.